The van der Waals surface area contributed by atoms with E-state index in [0.29, 0.717) is 0 Å². The van der Waals surface area contributed by atoms with E-state index in [1.54, 1.807) is 0 Å². The number of nitrogens with one attached hydrogen (secondary N) is 1. The van der Waals surface area contributed by atoms with Crippen LogP contribution >= 0.6 is 0 Å². The van der Waals surface area contributed by atoms with Crippen LogP contribution < -0.4 is 5.31 Å². The van der Waals surface area contributed by atoms with Gasteiger partial charge in [0, 0.05) is 13.1 Å². The molecule has 0 amide bonds. The molecule has 0 aliphatic carbocycles. The Labute approximate surface area is 39.0 Å². The Kier molecular flexibility index (Phi) is 1.08. The molecular weight excluding hydrogens is 78.0 g/mol. The van der Waals surface area contributed by atoms with E-state index in [-0.39, 0.29) is 0 Å². The number of hydrogen-bond acceptors (Lipinski definition) is 2. The molecule has 0 unspecified atom stereocenters. The number of rotatable bonds is 0. The van der Waals surface area contributed by atoms with Crippen molar-refractivity contribution in [1.29, 1.82) is 0 Å². The van der Waals surface area contributed by atoms with Crippen LogP contribution in [0.3, 0.4) is 0 Å². The van der Waals surface area contributed by atoms with Crippen molar-refractivity contribution in [2.45, 2.75) is 0 Å². The van der Waals surface area contributed by atoms with Crippen molar-refractivity contribution in [1.82, 2.24) is 5.31 Å². The summed E-state index contributed by atoms with van der Waals surface area (Å²) in [7, 11) is 0. The smallest absolute Gasteiger partial charge is 0.122 e. The van der Waals surface area contributed by atoms with Gasteiger partial charge in [-0.1, -0.05) is 0 Å². The van der Waals surface area contributed by atoms with E-state index in [4.69, 9.17) is 6.15 Å². The zero-order chi connectivity index (χ0) is 5.11. The standard InChI is InChI=1S/C4H9NO/c1-3-6-4-2-5-1/h5H,1-4H2/i/hD. The molecule has 0 aromatic carbocycles. The van der Waals surface area contributed by atoms with Gasteiger partial charge < -0.3 is 10.0 Å². The topological polar surface area (TPSA) is 21.3 Å². The van der Waals surface area contributed by atoms with Gasteiger partial charge in [-0.25, -0.2) is 0 Å². The van der Waals surface area contributed by atoms with Crippen molar-refractivity contribution >= 4 is 0 Å². The first-order valence-electron chi connectivity index (χ1n) is 2.66. The van der Waals surface area contributed by atoms with Gasteiger partial charge in [0.1, 0.15) is 1.41 Å². The fourth-order valence-electron chi connectivity index (χ4n) is 0.472. The van der Waals surface area contributed by atoms with Gasteiger partial charge in [-0.05, 0) is 0 Å². The van der Waals surface area contributed by atoms with E-state index in [0.717, 1.165) is 26.3 Å². The second-order valence-corrected chi connectivity index (χ2v) is 1.28. The summed E-state index contributed by atoms with van der Waals surface area (Å²) in [5, 5.41) is 1.52. The predicted molar refractivity (Wildman–Crippen MR) is 23.7 cm³/mol. The van der Waals surface area contributed by atoms with Crippen molar-refractivity contribution < 1.29 is 6.15 Å². The van der Waals surface area contributed by atoms with Crippen molar-refractivity contribution in [2.24, 2.45) is 0 Å². The molecule has 0 bridgehead atoms. The molecule has 2 heteroatoms. The quantitative estimate of drug-likeness (QED) is 0.435. The highest BCUT2D eigenvalue weighted by molar-refractivity contribution is 4.49. The number of morpholine rings is 1. The monoisotopic (exact) mass is 88.1 g/mol. The van der Waals surface area contributed by atoms with Gasteiger partial charge in [-0.15, -0.1) is 0 Å². The maximum absolute atomic E-state index is 7.03. The fraction of sp³-hybridized carbons (Fsp3) is 1.00. The Hall–Kier alpha value is -0.0800. The molecule has 36 valence electrons. The third kappa shape index (κ3) is 0.954. The van der Waals surface area contributed by atoms with Crippen LogP contribution in [0.5, 0.6) is 0 Å². The minimum absolute atomic E-state index is 0.726. The zero-order valence-corrected chi connectivity index (χ0v) is 3.68. The summed E-state index contributed by atoms with van der Waals surface area (Å²) in [5.41, 5.74) is 0. The van der Waals surface area contributed by atoms with E-state index in [1.165, 1.54) is 5.31 Å². The molecule has 6 heavy (non-hydrogen) atoms. The lowest BCUT2D eigenvalue weighted by atomic mass is 10.5. The van der Waals surface area contributed by atoms with Gasteiger partial charge in [-0.3, -0.25) is 0 Å². The van der Waals surface area contributed by atoms with Crippen molar-refractivity contribution in [3.05, 3.63) is 0 Å². The van der Waals surface area contributed by atoms with Crippen LogP contribution in [0.2, 0.25) is 1.41 Å². The molecule has 0 aromatic heterocycles. The summed E-state index contributed by atoms with van der Waals surface area (Å²) in [5.74, 6) is 0. The Morgan fingerprint density at radius 3 is 2.50 bits per heavy atom. The molecule has 1 heterocycles. The molecule has 1 rings (SSSR count). The van der Waals surface area contributed by atoms with Crippen LogP contribution in [0, 0.1) is 0 Å². The molecule has 0 aromatic rings. The maximum atomic E-state index is 7.03. The molecule has 0 radical (unpaired) electrons. The van der Waals surface area contributed by atoms with Crippen LogP contribution in [0.15, 0.2) is 0 Å². The van der Waals surface area contributed by atoms with Crippen LogP contribution in [0.1, 0.15) is 0 Å². The lowest BCUT2D eigenvalue weighted by molar-refractivity contribution is 0.109. The van der Waals surface area contributed by atoms with Gasteiger partial charge >= 0.3 is 0 Å². The first-order chi connectivity index (χ1) is 3.39. The van der Waals surface area contributed by atoms with Crippen LogP contribution in [0.4, 0.5) is 0 Å². The van der Waals surface area contributed by atoms with E-state index in [2.05, 4.69) is 0 Å². The molecule has 2 nitrogen and oxygen atoms in total. The molecule has 0 saturated carbocycles. The maximum Gasteiger partial charge on any atom is 0.122 e. The highest BCUT2D eigenvalue weighted by Gasteiger charge is 1.92. The van der Waals surface area contributed by atoms with Crippen LogP contribution in [-0.2, 0) is 4.74 Å². The Morgan fingerprint density at radius 2 is 2.17 bits per heavy atom. The Bertz CT molecular complexity index is 53.7. The predicted octanol–water partition coefficient (Wildman–Crippen LogP) is -0.394. The average molecular weight is 88.1 g/mol. The van der Waals surface area contributed by atoms with Crippen LogP contribution in [-0.4, -0.2) is 26.3 Å². The van der Waals surface area contributed by atoms with Gasteiger partial charge in [0.05, 0.1) is 13.2 Å². The second-order valence-electron chi connectivity index (χ2n) is 1.28. The lowest BCUT2D eigenvalue weighted by Gasteiger charge is -2.10. The molecule has 1 fully saturated rings. The molecular formula is C4H9NO. The summed E-state index contributed by atoms with van der Waals surface area (Å²) in [6.45, 7) is 2.98. The summed E-state index contributed by atoms with van der Waals surface area (Å²) in [6, 6.07) is 0. The summed E-state index contributed by atoms with van der Waals surface area (Å²) < 4.78 is 12.0. The lowest BCUT2D eigenvalue weighted by Crippen LogP contribution is -2.30. The number of ether oxygens (including phenoxy) is 1. The highest BCUT2D eigenvalue weighted by Crippen LogP contribution is 1.76. The van der Waals surface area contributed by atoms with E-state index in [1.807, 2.05) is 0 Å². The minimum Gasteiger partial charge on any atom is -0.379 e. The van der Waals surface area contributed by atoms with E-state index < -0.39 is 0 Å². The normalized spacial score (nSPS) is 29.7. The van der Waals surface area contributed by atoms with Gasteiger partial charge in [-0.2, -0.15) is 0 Å². The molecule has 1 saturated heterocycles. The average Bonchev–Trinajstić information content (AvgIpc) is 1.69. The van der Waals surface area contributed by atoms with E-state index in [9.17, 15) is 0 Å². The Morgan fingerprint density at radius 1 is 1.50 bits per heavy atom. The molecule has 1 N–H and O–H groups in total. The van der Waals surface area contributed by atoms with Gasteiger partial charge in [0.15, 0.2) is 0 Å². The highest BCUT2D eigenvalue weighted by atomic mass is 16.5. The third-order valence-corrected chi connectivity index (χ3v) is 0.787. The largest absolute Gasteiger partial charge is 0.379 e. The summed E-state index contributed by atoms with van der Waals surface area (Å²) >= 11 is 0. The summed E-state index contributed by atoms with van der Waals surface area (Å²) in [4.78, 5) is 0. The van der Waals surface area contributed by atoms with Gasteiger partial charge in [0.25, 0.3) is 0 Å². The summed E-state index contributed by atoms with van der Waals surface area (Å²) in [6.07, 6.45) is 0. The van der Waals surface area contributed by atoms with Crippen molar-refractivity contribution in [2.75, 3.05) is 26.3 Å². The first-order valence-corrected chi connectivity index (χ1v) is 2.21. The SMILES string of the molecule is [2H]N1CCOCC1. The number of hydrogen-bond donors (Lipinski definition) is 1. The van der Waals surface area contributed by atoms with Crippen molar-refractivity contribution in [3.63, 3.8) is 0 Å². The molecule has 1 aliphatic heterocycles. The fourth-order valence-corrected chi connectivity index (χ4v) is 0.472. The molecule has 0 spiro atoms. The molecule has 1 aliphatic rings. The first kappa shape index (κ1) is 2.99. The third-order valence-electron chi connectivity index (χ3n) is 0.787. The molecule has 0 atom stereocenters. The zero-order valence-electron chi connectivity index (χ0n) is 4.68. The van der Waals surface area contributed by atoms with E-state index >= 15 is 0 Å². The Balaban J connectivity index is 2.12. The van der Waals surface area contributed by atoms with Gasteiger partial charge in [0.2, 0.25) is 0 Å². The van der Waals surface area contributed by atoms with Crippen molar-refractivity contribution in [3.8, 4) is 0 Å². The second kappa shape index (κ2) is 2.16. The van der Waals surface area contributed by atoms with Crippen LogP contribution in [0.25, 0.3) is 0 Å². The minimum atomic E-state index is 0.726.